The van der Waals surface area contributed by atoms with E-state index in [1.165, 1.54) is 12.1 Å². The predicted octanol–water partition coefficient (Wildman–Crippen LogP) is 7.14. The Bertz CT molecular complexity index is 498. The molecule has 0 N–H and O–H groups in total. The number of rotatable bonds is 0. The summed E-state index contributed by atoms with van der Waals surface area (Å²) in [7, 11) is 0. The van der Waals surface area contributed by atoms with Gasteiger partial charge in [-0.05, 0) is 56.1 Å². The molecule has 0 saturated carbocycles. The molecule has 0 amide bonds. The Morgan fingerprint density at radius 2 is 0.952 bits per heavy atom. The van der Waals surface area contributed by atoms with Crippen molar-refractivity contribution in [2.45, 2.75) is 0 Å². The van der Waals surface area contributed by atoms with E-state index < -0.39 is 23.3 Å². The molecule has 0 fully saturated rings. The molecule has 2 aromatic carbocycles. The molecule has 0 aliphatic heterocycles. The van der Waals surface area contributed by atoms with E-state index in [1.54, 1.807) is 0 Å². The van der Waals surface area contributed by atoms with E-state index in [4.69, 9.17) is 0 Å². The van der Waals surface area contributed by atoms with Crippen molar-refractivity contribution in [2.75, 3.05) is 0 Å². The summed E-state index contributed by atoms with van der Waals surface area (Å²) >= 11 is 13.1. The predicted molar refractivity (Wildman–Crippen MR) is 86.0 cm³/mol. The molecule has 0 nitrogen and oxygen atoms in total. The molecule has 0 spiro atoms. The van der Waals surface area contributed by atoms with Crippen LogP contribution in [0, 0.1) is 23.3 Å². The van der Waals surface area contributed by atoms with E-state index in [2.05, 4.69) is 60.1 Å². The Balaban J connectivity index is 0.000000327. The van der Waals surface area contributed by atoms with E-state index in [0.29, 0.717) is 8.95 Å². The van der Waals surface area contributed by atoms with E-state index >= 15 is 0 Å². The Hall–Kier alpha value is 0.599. The number of hydrogen-bond donors (Lipinski definition) is 0. The molecule has 2 rings (SSSR count). The standard InChI is InChI=1S/C6H2Br2F2.C6H4F2.2BrH.Fe/c7-3-1-5(9)6(10)2-4(3)8;7-5-3-1-2-4-6(5)8;;;/h1-2H;1-4H;2*1H;/q;;;;+2/p-2. The van der Waals surface area contributed by atoms with Gasteiger partial charge in [-0.1, -0.05) is 12.1 Å². The fraction of sp³-hybridized carbons (Fsp3) is 0. The summed E-state index contributed by atoms with van der Waals surface area (Å²) in [5.74, 6) is -3.30. The van der Waals surface area contributed by atoms with Crippen molar-refractivity contribution >= 4 is 60.1 Å². The Labute approximate surface area is 156 Å². The molecule has 0 aliphatic rings. The molecule has 0 aliphatic carbocycles. The summed E-state index contributed by atoms with van der Waals surface area (Å²) in [5.41, 5.74) is 0. The topological polar surface area (TPSA) is 0 Å². The fourth-order valence-corrected chi connectivity index (χ4v) is 1.57. The van der Waals surface area contributed by atoms with Crippen molar-refractivity contribution < 1.29 is 28.9 Å². The van der Waals surface area contributed by atoms with Crippen LogP contribution in [-0.4, -0.2) is 0 Å². The van der Waals surface area contributed by atoms with Gasteiger partial charge in [0.15, 0.2) is 23.3 Å². The molecule has 0 atom stereocenters. The number of hydrogen-bond acceptors (Lipinski definition) is 0. The van der Waals surface area contributed by atoms with Crippen molar-refractivity contribution in [3.8, 4) is 0 Å². The van der Waals surface area contributed by atoms with Gasteiger partial charge in [-0.3, -0.25) is 0 Å². The van der Waals surface area contributed by atoms with Crippen molar-refractivity contribution in [1.82, 2.24) is 0 Å². The maximum atomic E-state index is 12.3. The van der Waals surface area contributed by atoms with Gasteiger partial charge in [0.1, 0.15) is 0 Å². The van der Waals surface area contributed by atoms with Gasteiger partial charge in [-0.15, -0.1) is 0 Å². The second kappa shape index (κ2) is 12.1. The minimum atomic E-state index is -0.852. The molecular weight excluding hydrogens is 596 g/mol. The van der Waals surface area contributed by atoms with Crippen LogP contribution in [0.2, 0.25) is 0 Å². The fourth-order valence-electron chi connectivity index (χ4n) is 0.938. The van der Waals surface area contributed by atoms with Crippen LogP contribution in [0.25, 0.3) is 0 Å². The zero-order valence-corrected chi connectivity index (χ0v) is 17.3. The second-order valence-electron chi connectivity index (χ2n) is 3.15. The summed E-state index contributed by atoms with van der Waals surface area (Å²) in [4.78, 5) is 0. The van der Waals surface area contributed by atoms with Crippen LogP contribution in [0.5, 0.6) is 0 Å². The van der Waals surface area contributed by atoms with Crippen LogP contribution in [0.15, 0.2) is 45.3 Å². The van der Waals surface area contributed by atoms with Crippen molar-refractivity contribution in [3.05, 3.63) is 68.6 Å². The van der Waals surface area contributed by atoms with Gasteiger partial charge in [0.2, 0.25) is 0 Å². The molecule has 0 aromatic heterocycles. The first kappa shape index (κ1) is 21.6. The van der Waals surface area contributed by atoms with Crippen LogP contribution in [0.3, 0.4) is 0 Å². The summed E-state index contributed by atoms with van der Waals surface area (Å²) in [5, 5.41) is 0. The minimum absolute atomic E-state index is 0.506. The molecule has 118 valence electrons. The van der Waals surface area contributed by atoms with Crippen LogP contribution in [0.4, 0.5) is 17.6 Å². The third-order valence-corrected chi connectivity index (χ3v) is 3.63. The number of halogens is 8. The molecule has 0 saturated heterocycles. The zero-order valence-electron chi connectivity index (χ0n) is 9.84. The van der Waals surface area contributed by atoms with Crippen LogP contribution in [0.1, 0.15) is 0 Å². The zero-order chi connectivity index (χ0) is 16.4. The Morgan fingerprint density at radius 3 is 1.19 bits per heavy atom. The normalized spacial score (nSPS) is 9.33. The van der Waals surface area contributed by atoms with E-state index in [9.17, 15) is 17.6 Å². The first-order valence-corrected chi connectivity index (χ1v) is 11.9. The molecule has 0 bridgehead atoms. The summed E-state index contributed by atoms with van der Waals surface area (Å²) in [6, 6.07) is 7.18. The van der Waals surface area contributed by atoms with Gasteiger partial charge in [0.25, 0.3) is 0 Å². The maximum absolute atomic E-state index is 12.3. The molecule has 2 aromatic rings. The average Bonchev–Trinajstić information content (AvgIpc) is 2.42. The Morgan fingerprint density at radius 1 is 0.667 bits per heavy atom. The van der Waals surface area contributed by atoms with Crippen LogP contribution < -0.4 is 0 Å². The van der Waals surface area contributed by atoms with Gasteiger partial charge >= 0.3 is 39.6 Å². The van der Waals surface area contributed by atoms with E-state index in [0.717, 1.165) is 35.6 Å². The molecule has 0 unspecified atom stereocenters. The summed E-state index contributed by atoms with van der Waals surface area (Å²) in [6.07, 6.45) is 0. The monoisotopic (exact) mass is 598 g/mol. The summed E-state index contributed by atoms with van der Waals surface area (Å²) in [6.45, 7) is 0. The van der Waals surface area contributed by atoms with E-state index in [-0.39, 0.29) is 0 Å². The molecule has 0 heterocycles. The third-order valence-electron chi connectivity index (χ3n) is 1.79. The molecule has 0 radical (unpaired) electrons. The quantitative estimate of drug-likeness (QED) is 0.171. The first-order chi connectivity index (χ1) is 9.83. The van der Waals surface area contributed by atoms with Crippen LogP contribution >= 0.6 is 60.1 Å². The molecule has 9 heteroatoms. The van der Waals surface area contributed by atoms with Gasteiger partial charge in [-0.25, -0.2) is 17.6 Å². The summed E-state index contributed by atoms with van der Waals surface area (Å²) < 4.78 is 49.6. The van der Waals surface area contributed by atoms with E-state index in [1.807, 2.05) is 0 Å². The van der Waals surface area contributed by atoms with Crippen molar-refractivity contribution in [1.29, 1.82) is 0 Å². The Kier molecular flexibility index (Phi) is 12.4. The second-order valence-corrected chi connectivity index (χ2v) is 10.4. The molecular formula is C12H6Br4F4Fe. The van der Waals surface area contributed by atoms with Gasteiger partial charge in [0.05, 0.1) is 0 Å². The first-order valence-electron chi connectivity index (χ1n) is 4.88. The average molecular weight is 602 g/mol. The van der Waals surface area contributed by atoms with Gasteiger partial charge in [-0.2, -0.15) is 0 Å². The van der Waals surface area contributed by atoms with Gasteiger partial charge < -0.3 is 0 Å². The van der Waals surface area contributed by atoms with Crippen molar-refractivity contribution in [3.63, 3.8) is 0 Å². The number of benzene rings is 2. The van der Waals surface area contributed by atoms with Crippen molar-refractivity contribution in [2.24, 2.45) is 0 Å². The third kappa shape index (κ3) is 9.36. The SMILES string of the molecule is Fc1cc(Br)c(Br)cc1F.Fc1ccccc1F.[Br][Fe][Br]. The molecule has 21 heavy (non-hydrogen) atoms. The van der Waals surface area contributed by atoms with Gasteiger partial charge in [0, 0.05) is 8.95 Å². The van der Waals surface area contributed by atoms with Crippen LogP contribution in [-0.2, 0) is 11.3 Å².